The van der Waals surface area contributed by atoms with Gasteiger partial charge >= 0.3 is 0 Å². The van der Waals surface area contributed by atoms with Gasteiger partial charge in [-0.15, -0.1) is 11.6 Å². The minimum absolute atomic E-state index is 0.626. The van der Waals surface area contributed by atoms with Gasteiger partial charge < -0.3 is 5.11 Å². The van der Waals surface area contributed by atoms with Gasteiger partial charge in [0.1, 0.15) is 10.8 Å². The van der Waals surface area contributed by atoms with Gasteiger partial charge in [-0.2, -0.15) is 0 Å². The number of benzene rings is 2. The van der Waals surface area contributed by atoms with Crippen LogP contribution in [-0.4, -0.2) is 14.0 Å². The molecule has 0 aliphatic rings. The Bertz CT molecular complexity index is 554. The van der Waals surface area contributed by atoms with Crippen molar-refractivity contribution in [2.24, 2.45) is 0 Å². The molecular formula is C15H15ClO2S. The highest BCUT2D eigenvalue weighted by atomic mass is 35.5. The summed E-state index contributed by atoms with van der Waals surface area (Å²) in [6.07, 6.45) is -0.954. The zero-order valence-electron chi connectivity index (χ0n) is 10.5. The zero-order chi connectivity index (χ0) is 13.8. The minimum Gasteiger partial charge on any atom is -0.386 e. The Hall–Kier alpha value is -1.16. The van der Waals surface area contributed by atoms with Crippen molar-refractivity contribution in [3.63, 3.8) is 0 Å². The lowest BCUT2D eigenvalue weighted by Crippen LogP contribution is -2.18. The Balaban J connectivity index is 2.17. The monoisotopic (exact) mass is 294 g/mol. The summed E-state index contributed by atoms with van der Waals surface area (Å²) in [4.78, 5) is 0.626. The van der Waals surface area contributed by atoms with E-state index in [2.05, 4.69) is 0 Å². The van der Waals surface area contributed by atoms with E-state index in [0.29, 0.717) is 10.5 Å². The number of alkyl halides is 1. The summed E-state index contributed by atoms with van der Waals surface area (Å²) < 4.78 is 11.4. The van der Waals surface area contributed by atoms with Crippen molar-refractivity contribution in [3.05, 3.63) is 65.7 Å². The molecular weight excluding hydrogens is 280 g/mol. The molecule has 0 aliphatic carbocycles. The van der Waals surface area contributed by atoms with Gasteiger partial charge in [-0.05, 0) is 24.6 Å². The van der Waals surface area contributed by atoms with E-state index in [1.54, 1.807) is 24.3 Å². The average molecular weight is 295 g/mol. The Morgan fingerprint density at radius 3 is 2.21 bits per heavy atom. The normalized spacial score (nSPS) is 15.7. The van der Waals surface area contributed by atoms with Gasteiger partial charge in [-0.1, -0.05) is 48.0 Å². The summed E-state index contributed by atoms with van der Waals surface area (Å²) >= 11 is 6.14. The van der Waals surface area contributed by atoms with Gasteiger partial charge in [0.05, 0.1) is 10.8 Å². The molecule has 2 rings (SSSR count). The lowest BCUT2D eigenvalue weighted by atomic mass is 10.1. The maximum Gasteiger partial charge on any atom is 0.143 e. The first-order valence-electron chi connectivity index (χ1n) is 5.94. The molecule has 2 nitrogen and oxygen atoms in total. The van der Waals surface area contributed by atoms with Crippen LogP contribution in [0.5, 0.6) is 0 Å². The number of rotatable bonds is 4. The third-order valence-electron chi connectivity index (χ3n) is 2.85. The van der Waals surface area contributed by atoms with E-state index in [-0.39, 0.29) is 0 Å². The van der Waals surface area contributed by atoms with Crippen molar-refractivity contribution in [2.75, 3.05) is 0 Å². The fourth-order valence-corrected chi connectivity index (χ4v) is 3.23. The first-order chi connectivity index (χ1) is 9.09. The summed E-state index contributed by atoms with van der Waals surface area (Å²) in [5.74, 6) is 0. The standard InChI is InChI=1S/C15H15ClO2S/c1-11-7-9-13(10-8-11)19(18)15(16)14(17)12-5-3-2-4-6-12/h2-10,14-15,17H,1H3/t14-,15-,19-/m1/s1. The quantitative estimate of drug-likeness (QED) is 0.878. The predicted molar refractivity (Wildman–Crippen MR) is 78.6 cm³/mol. The third-order valence-corrected chi connectivity index (χ3v) is 4.97. The number of hydrogen-bond donors (Lipinski definition) is 1. The van der Waals surface area contributed by atoms with Gasteiger partial charge in [0, 0.05) is 4.90 Å². The fourth-order valence-electron chi connectivity index (χ4n) is 1.72. The molecule has 2 aromatic carbocycles. The van der Waals surface area contributed by atoms with Crippen LogP contribution in [0, 0.1) is 6.92 Å². The highest BCUT2D eigenvalue weighted by Gasteiger charge is 2.25. The summed E-state index contributed by atoms with van der Waals surface area (Å²) in [5.41, 5.74) is 1.76. The molecule has 19 heavy (non-hydrogen) atoms. The Morgan fingerprint density at radius 2 is 1.63 bits per heavy atom. The molecule has 0 spiro atoms. The van der Waals surface area contributed by atoms with E-state index >= 15 is 0 Å². The molecule has 0 aliphatic heterocycles. The van der Waals surface area contributed by atoms with E-state index in [9.17, 15) is 9.32 Å². The predicted octanol–water partition coefficient (Wildman–Crippen LogP) is 3.40. The van der Waals surface area contributed by atoms with Crippen molar-refractivity contribution >= 4 is 22.4 Å². The summed E-state index contributed by atoms with van der Waals surface area (Å²) in [5, 5.41) is 10.2. The van der Waals surface area contributed by atoms with E-state index in [1.165, 1.54) is 0 Å². The average Bonchev–Trinajstić information content (AvgIpc) is 2.46. The van der Waals surface area contributed by atoms with E-state index in [4.69, 9.17) is 11.6 Å². The van der Waals surface area contributed by atoms with Crippen LogP contribution in [0.4, 0.5) is 0 Å². The van der Waals surface area contributed by atoms with Gasteiger partial charge in [-0.25, -0.2) is 0 Å². The van der Waals surface area contributed by atoms with Crippen molar-refractivity contribution < 1.29 is 9.32 Å². The molecule has 100 valence electrons. The van der Waals surface area contributed by atoms with Gasteiger partial charge in [0.15, 0.2) is 0 Å². The highest BCUT2D eigenvalue weighted by molar-refractivity contribution is 7.87. The maximum atomic E-state index is 12.3. The topological polar surface area (TPSA) is 37.3 Å². The minimum atomic E-state index is -1.45. The van der Waals surface area contributed by atoms with E-state index in [0.717, 1.165) is 5.56 Å². The lowest BCUT2D eigenvalue weighted by Gasteiger charge is -2.17. The second-order valence-corrected chi connectivity index (χ2v) is 6.62. The number of hydrogen-bond acceptors (Lipinski definition) is 2. The third kappa shape index (κ3) is 3.44. The van der Waals surface area contributed by atoms with Crippen LogP contribution in [0.3, 0.4) is 0 Å². The molecule has 2 aromatic rings. The van der Waals surface area contributed by atoms with Gasteiger partial charge in [0.2, 0.25) is 0 Å². The summed E-state index contributed by atoms with van der Waals surface area (Å²) in [6, 6.07) is 16.3. The van der Waals surface area contributed by atoms with Crippen LogP contribution < -0.4 is 0 Å². The molecule has 3 atom stereocenters. The van der Waals surface area contributed by atoms with Crippen LogP contribution in [-0.2, 0) is 10.8 Å². The van der Waals surface area contributed by atoms with Crippen LogP contribution >= 0.6 is 11.6 Å². The summed E-state index contributed by atoms with van der Waals surface area (Å²) in [7, 11) is -1.45. The van der Waals surface area contributed by atoms with Crippen molar-refractivity contribution in [1.29, 1.82) is 0 Å². The second-order valence-electron chi connectivity index (χ2n) is 4.32. The molecule has 0 amide bonds. The first kappa shape index (κ1) is 14.3. The molecule has 0 saturated carbocycles. The van der Waals surface area contributed by atoms with E-state index < -0.39 is 21.6 Å². The van der Waals surface area contributed by atoms with Gasteiger partial charge in [0.25, 0.3) is 0 Å². The van der Waals surface area contributed by atoms with Gasteiger partial charge in [-0.3, -0.25) is 4.21 Å². The molecule has 0 heterocycles. The zero-order valence-corrected chi connectivity index (χ0v) is 12.1. The molecule has 0 fully saturated rings. The van der Waals surface area contributed by atoms with Crippen molar-refractivity contribution in [2.45, 2.75) is 22.6 Å². The maximum absolute atomic E-state index is 12.3. The first-order valence-corrected chi connectivity index (χ1v) is 7.59. The SMILES string of the molecule is Cc1ccc([S@@](=O)[C@@H](Cl)[C@H](O)c2ccccc2)cc1. The lowest BCUT2D eigenvalue weighted by molar-refractivity contribution is 0.193. The number of aliphatic hydroxyl groups excluding tert-OH is 1. The Kier molecular flexibility index (Phi) is 4.75. The number of aliphatic hydroxyl groups is 1. The van der Waals surface area contributed by atoms with Crippen molar-refractivity contribution in [3.8, 4) is 0 Å². The number of aryl methyl sites for hydroxylation is 1. The van der Waals surface area contributed by atoms with Crippen LogP contribution in [0.25, 0.3) is 0 Å². The van der Waals surface area contributed by atoms with Crippen LogP contribution in [0.15, 0.2) is 59.5 Å². The Labute approximate surface area is 120 Å². The molecule has 4 heteroatoms. The van der Waals surface area contributed by atoms with Crippen LogP contribution in [0.1, 0.15) is 17.2 Å². The molecule has 0 unspecified atom stereocenters. The largest absolute Gasteiger partial charge is 0.386 e. The fraction of sp³-hybridized carbons (Fsp3) is 0.200. The molecule has 0 bridgehead atoms. The molecule has 0 saturated heterocycles. The molecule has 0 aromatic heterocycles. The summed E-state index contributed by atoms with van der Waals surface area (Å²) in [6.45, 7) is 1.96. The molecule has 1 N–H and O–H groups in total. The number of halogens is 1. The van der Waals surface area contributed by atoms with Crippen LogP contribution in [0.2, 0.25) is 0 Å². The smallest absolute Gasteiger partial charge is 0.143 e. The second kappa shape index (κ2) is 6.33. The van der Waals surface area contributed by atoms with E-state index in [1.807, 2.05) is 37.3 Å². The highest BCUT2D eigenvalue weighted by Crippen LogP contribution is 2.27. The van der Waals surface area contributed by atoms with Crippen molar-refractivity contribution in [1.82, 2.24) is 0 Å². The Morgan fingerprint density at radius 1 is 1.05 bits per heavy atom. The molecule has 0 radical (unpaired) electrons.